The Kier molecular flexibility index (Phi) is 2.69. The average molecular weight is 199 g/mol. The van der Waals surface area contributed by atoms with E-state index in [9.17, 15) is 4.79 Å². The van der Waals surface area contributed by atoms with E-state index in [4.69, 9.17) is 0 Å². The minimum atomic E-state index is 0.529. The number of carbonyl (C=O) groups excluding carboxylic acids is 1. The predicted molar refractivity (Wildman–Crippen MR) is 57.1 cm³/mol. The van der Waals surface area contributed by atoms with Crippen LogP contribution in [0.15, 0.2) is 42.9 Å². The fourth-order valence-corrected chi connectivity index (χ4v) is 1.19. The monoisotopic (exact) mass is 199 g/mol. The Hall–Kier alpha value is -2.23. The van der Waals surface area contributed by atoms with E-state index in [1.165, 1.54) is 0 Å². The summed E-state index contributed by atoms with van der Waals surface area (Å²) >= 11 is 0. The summed E-state index contributed by atoms with van der Waals surface area (Å²) in [4.78, 5) is 18.8. The van der Waals surface area contributed by atoms with Crippen LogP contribution in [-0.4, -0.2) is 16.3 Å². The van der Waals surface area contributed by atoms with Crippen molar-refractivity contribution < 1.29 is 4.79 Å². The summed E-state index contributed by atoms with van der Waals surface area (Å²) in [6, 6.07) is 7.10. The summed E-state index contributed by atoms with van der Waals surface area (Å²) in [5.74, 6) is 0.542. The molecule has 0 spiro atoms. The van der Waals surface area contributed by atoms with Crippen LogP contribution in [-0.2, 0) is 0 Å². The molecule has 0 atom stereocenters. The molecular weight excluding hydrogens is 190 g/mol. The number of hydrogen-bond donors (Lipinski definition) is 1. The van der Waals surface area contributed by atoms with Crippen molar-refractivity contribution in [2.75, 3.05) is 5.32 Å². The van der Waals surface area contributed by atoms with E-state index in [2.05, 4.69) is 15.3 Å². The first-order chi connectivity index (χ1) is 7.40. The quantitative estimate of drug-likeness (QED) is 0.768. The molecule has 2 rings (SSSR count). The van der Waals surface area contributed by atoms with Crippen molar-refractivity contribution >= 4 is 17.8 Å². The van der Waals surface area contributed by atoms with E-state index in [1.807, 2.05) is 12.1 Å². The third kappa shape index (κ3) is 2.17. The summed E-state index contributed by atoms with van der Waals surface area (Å²) in [7, 11) is 0. The van der Waals surface area contributed by atoms with Gasteiger partial charge in [0.15, 0.2) is 6.29 Å². The average Bonchev–Trinajstić information content (AvgIpc) is 2.31. The van der Waals surface area contributed by atoms with Gasteiger partial charge in [-0.15, -0.1) is 0 Å². The highest BCUT2D eigenvalue weighted by atomic mass is 16.1. The molecule has 4 heteroatoms. The van der Waals surface area contributed by atoms with Gasteiger partial charge in [0.05, 0.1) is 17.4 Å². The Balaban J connectivity index is 2.28. The highest BCUT2D eigenvalue weighted by Crippen LogP contribution is 2.15. The van der Waals surface area contributed by atoms with Gasteiger partial charge in [0.1, 0.15) is 5.82 Å². The molecular formula is C11H9N3O. The lowest BCUT2D eigenvalue weighted by molar-refractivity contribution is 0.112. The zero-order valence-corrected chi connectivity index (χ0v) is 7.92. The largest absolute Gasteiger partial charge is 0.338 e. The lowest BCUT2D eigenvalue weighted by Crippen LogP contribution is -1.97. The maximum absolute atomic E-state index is 10.7. The van der Waals surface area contributed by atoms with Gasteiger partial charge in [-0.2, -0.15) is 0 Å². The molecule has 0 fully saturated rings. The second-order valence-corrected chi connectivity index (χ2v) is 2.93. The lowest BCUT2D eigenvalue weighted by Gasteiger charge is -2.05. The Bertz CT molecular complexity index is 456. The molecule has 2 aromatic rings. The highest BCUT2D eigenvalue weighted by Gasteiger charge is 2.01. The smallest absolute Gasteiger partial charge is 0.153 e. The number of rotatable bonds is 3. The van der Waals surface area contributed by atoms with Crippen molar-refractivity contribution in [2.24, 2.45) is 0 Å². The van der Waals surface area contributed by atoms with Gasteiger partial charge < -0.3 is 5.32 Å². The second-order valence-electron chi connectivity index (χ2n) is 2.93. The first-order valence-corrected chi connectivity index (χ1v) is 4.47. The molecule has 0 bridgehead atoms. The Labute approximate surface area is 87.0 Å². The molecule has 0 saturated carbocycles. The number of anilines is 2. The summed E-state index contributed by atoms with van der Waals surface area (Å²) in [5, 5.41) is 3.02. The molecule has 74 valence electrons. The van der Waals surface area contributed by atoms with E-state index in [0.717, 1.165) is 12.0 Å². The molecule has 0 saturated heterocycles. The minimum Gasteiger partial charge on any atom is -0.338 e. The van der Waals surface area contributed by atoms with Crippen molar-refractivity contribution in [3.8, 4) is 0 Å². The molecule has 0 unspecified atom stereocenters. The van der Waals surface area contributed by atoms with Gasteiger partial charge in [0.25, 0.3) is 0 Å². The van der Waals surface area contributed by atoms with Crippen molar-refractivity contribution in [3.05, 3.63) is 48.4 Å². The maximum Gasteiger partial charge on any atom is 0.153 e. The van der Waals surface area contributed by atoms with E-state index >= 15 is 0 Å². The van der Waals surface area contributed by atoms with Gasteiger partial charge in [0.2, 0.25) is 0 Å². The lowest BCUT2D eigenvalue weighted by atomic mass is 10.3. The first kappa shape index (κ1) is 9.33. The molecule has 0 amide bonds. The number of aromatic nitrogens is 2. The fourth-order valence-electron chi connectivity index (χ4n) is 1.19. The van der Waals surface area contributed by atoms with E-state index in [-0.39, 0.29) is 0 Å². The van der Waals surface area contributed by atoms with Crippen LogP contribution >= 0.6 is 0 Å². The van der Waals surface area contributed by atoms with Crippen LogP contribution < -0.4 is 5.32 Å². The predicted octanol–water partition coefficient (Wildman–Crippen LogP) is 2.03. The molecule has 1 N–H and O–H groups in total. The van der Waals surface area contributed by atoms with Crippen LogP contribution in [0.5, 0.6) is 0 Å². The van der Waals surface area contributed by atoms with E-state index in [0.29, 0.717) is 11.4 Å². The minimum absolute atomic E-state index is 0.529. The van der Waals surface area contributed by atoms with Crippen molar-refractivity contribution in [3.63, 3.8) is 0 Å². The Morgan fingerprint density at radius 1 is 1.20 bits per heavy atom. The van der Waals surface area contributed by atoms with Crippen molar-refractivity contribution in [2.45, 2.75) is 0 Å². The number of hydrogen-bond acceptors (Lipinski definition) is 4. The third-order valence-electron chi connectivity index (χ3n) is 1.89. The molecule has 0 radical (unpaired) electrons. The summed E-state index contributed by atoms with van der Waals surface area (Å²) in [6.07, 6.45) is 5.75. The molecule has 0 aliphatic carbocycles. The number of carbonyl (C=O) groups is 1. The number of nitrogens with zero attached hydrogens (tertiary/aromatic N) is 2. The molecule has 0 aliphatic heterocycles. The maximum atomic E-state index is 10.7. The summed E-state index contributed by atoms with van der Waals surface area (Å²) in [6.45, 7) is 0. The first-order valence-electron chi connectivity index (χ1n) is 4.47. The zero-order chi connectivity index (χ0) is 10.5. The molecule has 4 nitrogen and oxygen atoms in total. The van der Waals surface area contributed by atoms with E-state index in [1.54, 1.807) is 30.7 Å². The third-order valence-corrected chi connectivity index (χ3v) is 1.89. The highest BCUT2D eigenvalue weighted by molar-refractivity contribution is 5.83. The van der Waals surface area contributed by atoms with Crippen molar-refractivity contribution in [1.82, 2.24) is 9.97 Å². The molecule has 15 heavy (non-hydrogen) atoms. The summed E-state index contributed by atoms with van der Waals surface area (Å²) < 4.78 is 0. The molecule has 2 aromatic heterocycles. The van der Waals surface area contributed by atoms with E-state index < -0.39 is 0 Å². The van der Waals surface area contributed by atoms with Crippen LogP contribution in [0.3, 0.4) is 0 Å². The fraction of sp³-hybridized carbons (Fsp3) is 0. The van der Waals surface area contributed by atoms with Gasteiger partial charge >= 0.3 is 0 Å². The summed E-state index contributed by atoms with van der Waals surface area (Å²) in [5.41, 5.74) is 1.33. The van der Waals surface area contributed by atoms with Gasteiger partial charge in [-0.25, -0.2) is 4.98 Å². The van der Waals surface area contributed by atoms with Crippen molar-refractivity contribution in [1.29, 1.82) is 0 Å². The van der Waals surface area contributed by atoms with Crippen LogP contribution in [0.4, 0.5) is 11.5 Å². The van der Waals surface area contributed by atoms with Gasteiger partial charge in [-0.1, -0.05) is 0 Å². The molecule has 0 aromatic carbocycles. The normalized spacial score (nSPS) is 9.60. The Morgan fingerprint density at radius 3 is 2.80 bits per heavy atom. The van der Waals surface area contributed by atoms with Crippen LogP contribution in [0, 0.1) is 0 Å². The SMILES string of the molecule is O=Cc1cccnc1Nc1cccnc1. The molecule has 2 heterocycles. The van der Waals surface area contributed by atoms with Gasteiger partial charge in [-0.3, -0.25) is 9.78 Å². The van der Waals surface area contributed by atoms with Crippen LogP contribution in [0.1, 0.15) is 10.4 Å². The van der Waals surface area contributed by atoms with Gasteiger partial charge in [0, 0.05) is 12.4 Å². The topological polar surface area (TPSA) is 54.9 Å². The number of pyridine rings is 2. The Morgan fingerprint density at radius 2 is 2.07 bits per heavy atom. The van der Waals surface area contributed by atoms with Crippen LogP contribution in [0.25, 0.3) is 0 Å². The van der Waals surface area contributed by atoms with Gasteiger partial charge in [-0.05, 0) is 24.3 Å². The zero-order valence-electron chi connectivity index (χ0n) is 7.92. The standard InChI is InChI=1S/C11H9N3O/c15-8-9-3-1-6-13-11(9)14-10-4-2-5-12-7-10/h1-8H,(H,13,14). The molecule has 0 aliphatic rings. The van der Waals surface area contributed by atoms with Crippen LogP contribution in [0.2, 0.25) is 0 Å². The second kappa shape index (κ2) is 4.32. The number of aldehydes is 1. The number of nitrogens with one attached hydrogen (secondary N) is 1.